The SMILES string of the molecule is CC(=O)N[C@@H](Cc1ccc(OP(OC(C)(C)C)OC(C)(C)C)cc1)C(=O)N[C@H](C(=O)N[C@H](C)C(=O)NCCC1CCCCC1)C(C)C. The molecule has 3 atom stereocenters. The largest absolute Gasteiger partial charge is 0.427 e. The van der Waals surface area contributed by atoms with E-state index < -0.39 is 49.7 Å². The zero-order chi connectivity index (χ0) is 35.4. The molecule has 1 saturated carbocycles. The lowest BCUT2D eigenvalue weighted by atomic mass is 9.87. The van der Waals surface area contributed by atoms with E-state index in [0.717, 1.165) is 12.0 Å². The molecule has 0 aliphatic heterocycles. The first-order valence-electron chi connectivity index (χ1n) is 16.9. The monoisotopic (exact) mass is 678 g/mol. The number of hydrogen-bond acceptors (Lipinski definition) is 7. The number of carbonyl (C=O) groups excluding carboxylic acids is 4. The molecule has 4 N–H and O–H groups in total. The van der Waals surface area contributed by atoms with Gasteiger partial charge < -0.3 is 25.8 Å². The number of hydrogen-bond donors (Lipinski definition) is 4. The summed E-state index contributed by atoms with van der Waals surface area (Å²) in [6.07, 6.45) is 7.33. The normalized spacial score (nSPS) is 16.3. The first-order valence-corrected chi connectivity index (χ1v) is 18.0. The fraction of sp³-hybridized carbons (Fsp3) is 0.714. The summed E-state index contributed by atoms with van der Waals surface area (Å²) < 4.78 is 18.1. The van der Waals surface area contributed by atoms with Crippen LogP contribution in [-0.4, -0.2) is 59.5 Å². The summed E-state index contributed by atoms with van der Waals surface area (Å²) in [7, 11) is -1.69. The molecule has 1 fully saturated rings. The predicted octanol–water partition coefficient (Wildman–Crippen LogP) is 5.70. The maximum Gasteiger partial charge on any atom is 0.398 e. The van der Waals surface area contributed by atoms with Gasteiger partial charge in [-0.3, -0.25) is 28.2 Å². The van der Waals surface area contributed by atoms with E-state index in [0.29, 0.717) is 18.2 Å². The van der Waals surface area contributed by atoms with E-state index in [1.165, 1.54) is 39.0 Å². The number of carbonyl (C=O) groups is 4. The van der Waals surface area contributed by atoms with E-state index in [4.69, 9.17) is 13.6 Å². The van der Waals surface area contributed by atoms with Gasteiger partial charge in [-0.05, 0) is 84.4 Å². The highest BCUT2D eigenvalue weighted by atomic mass is 31.2. The standard InChI is InChI=1S/C35H59N4O7P/c1-23(2)30(33(43)37-24(3)31(41)36-21-20-26-14-12-11-13-15-26)39-32(42)29(38-25(4)40)22-27-16-18-28(19-17-27)44-47(45-34(5,6)7)46-35(8,9)10/h16-19,23-24,26,29-30H,11-15,20-22H2,1-10H3,(H,36,41)(H,37,43)(H,38,40)(H,39,42)/t24-,29+,30+/m1/s1. The third-order valence-corrected chi connectivity index (χ3v) is 9.26. The lowest BCUT2D eigenvalue weighted by molar-refractivity contribution is -0.134. The van der Waals surface area contributed by atoms with Gasteiger partial charge in [-0.15, -0.1) is 0 Å². The molecule has 1 aliphatic rings. The van der Waals surface area contributed by atoms with Crippen molar-refractivity contribution in [1.29, 1.82) is 0 Å². The molecule has 47 heavy (non-hydrogen) atoms. The van der Waals surface area contributed by atoms with Crippen LogP contribution < -0.4 is 25.8 Å². The van der Waals surface area contributed by atoms with E-state index in [9.17, 15) is 19.2 Å². The number of benzene rings is 1. The molecule has 1 aliphatic carbocycles. The maximum absolute atomic E-state index is 13.5. The van der Waals surface area contributed by atoms with Crippen LogP contribution in [0, 0.1) is 11.8 Å². The van der Waals surface area contributed by atoms with Gasteiger partial charge in [0.2, 0.25) is 23.6 Å². The summed E-state index contributed by atoms with van der Waals surface area (Å²) >= 11 is 0. The van der Waals surface area contributed by atoms with Crippen LogP contribution in [0.4, 0.5) is 0 Å². The number of nitrogens with one attached hydrogen (secondary N) is 4. The molecule has 0 spiro atoms. The lowest BCUT2D eigenvalue weighted by Gasteiger charge is -2.30. The van der Waals surface area contributed by atoms with Crippen molar-refractivity contribution in [3.63, 3.8) is 0 Å². The van der Waals surface area contributed by atoms with E-state index in [1.807, 2.05) is 55.4 Å². The Labute approximate surface area is 283 Å². The summed E-state index contributed by atoms with van der Waals surface area (Å²) in [5, 5.41) is 11.2. The van der Waals surface area contributed by atoms with Gasteiger partial charge in [-0.25, -0.2) is 0 Å². The van der Waals surface area contributed by atoms with E-state index in [-0.39, 0.29) is 24.2 Å². The molecule has 1 aromatic rings. The molecule has 0 saturated heterocycles. The minimum atomic E-state index is -1.69. The summed E-state index contributed by atoms with van der Waals surface area (Å²) in [5.41, 5.74) is -0.175. The molecule has 0 unspecified atom stereocenters. The smallest absolute Gasteiger partial charge is 0.398 e. The molecular formula is C35H59N4O7P. The second kappa shape index (κ2) is 18.7. The van der Waals surface area contributed by atoms with E-state index in [1.54, 1.807) is 31.2 Å². The molecule has 11 nitrogen and oxygen atoms in total. The van der Waals surface area contributed by atoms with Crippen molar-refractivity contribution in [2.45, 2.75) is 144 Å². The van der Waals surface area contributed by atoms with Crippen molar-refractivity contribution in [2.75, 3.05) is 6.54 Å². The minimum absolute atomic E-state index is 0.184. The van der Waals surface area contributed by atoms with Crippen molar-refractivity contribution >= 4 is 32.2 Å². The van der Waals surface area contributed by atoms with Gasteiger partial charge in [-0.2, -0.15) is 0 Å². The van der Waals surface area contributed by atoms with Crippen LogP contribution in [-0.2, 0) is 34.6 Å². The van der Waals surface area contributed by atoms with Crippen molar-refractivity contribution in [1.82, 2.24) is 21.3 Å². The summed E-state index contributed by atoms with van der Waals surface area (Å²) in [4.78, 5) is 51.4. The molecule has 12 heteroatoms. The average Bonchev–Trinajstić information content (AvgIpc) is 2.94. The van der Waals surface area contributed by atoms with Gasteiger partial charge in [0, 0.05) is 19.9 Å². The Morgan fingerprint density at radius 1 is 0.809 bits per heavy atom. The van der Waals surface area contributed by atoms with Crippen molar-refractivity contribution < 1.29 is 32.7 Å². The second-order valence-corrected chi connectivity index (χ2v) is 15.9. The van der Waals surface area contributed by atoms with Crippen LogP contribution in [0.2, 0.25) is 0 Å². The third-order valence-electron chi connectivity index (χ3n) is 7.51. The average molecular weight is 679 g/mol. The van der Waals surface area contributed by atoms with Gasteiger partial charge in [0.05, 0.1) is 11.2 Å². The highest BCUT2D eigenvalue weighted by Gasteiger charge is 2.31. The minimum Gasteiger partial charge on any atom is -0.427 e. The van der Waals surface area contributed by atoms with Crippen LogP contribution >= 0.6 is 8.60 Å². The Morgan fingerprint density at radius 2 is 1.38 bits per heavy atom. The van der Waals surface area contributed by atoms with Crippen LogP contribution in [0.5, 0.6) is 5.75 Å². The van der Waals surface area contributed by atoms with Crippen LogP contribution in [0.3, 0.4) is 0 Å². The molecule has 4 amide bonds. The highest BCUT2D eigenvalue weighted by molar-refractivity contribution is 7.42. The Kier molecular flexibility index (Phi) is 16.1. The molecular weight excluding hydrogens is 619 g/mol. The van der Waals surface area contributed by atoms with Crippen molar-refractivity contribution in [3.05, 3.63) is 29.8 Å². The summed E-state index contributed by atoms with van der Waals surface area (Å²) in [5.74, 6) is -0.676. The summed E-state index contributed by atoms with van der Waals surface area (Å²) in [6.45, 7) is 18.7. The molecule has 1 aromatic carbocycles. The van der Waals surface area contributed by atoms with E-state index in [2.05, 4.69) is 21.3 Å². The predicted molar refractivity (Wildman–Crippen MR) is 186 cm³/mol. The van der Waals surface area contributed by atoms with Gasteiger partial charge in [-0.1, -0.05) is 58.1 Å². The topological polar surface area (TPSA) is 144 Å². The molecule has 0 radical (unpaired) electrons. The Morgan fingerprint density at radius 3 is 1.89 bits per heavy atom. The third kappa shape index (κ3) is 16.3. The number of amides is 4. The zero-order valence-corrected chi connectivity index (χ0v) is 31.1. The van der Waals surface area contributed by atoms with Crippen molar-refractivity contribution in [2.24, 2.45) is 11.8 Å². The number of rotatable bonds is 16. The Bertz CT molecular complexity index is 1140. The van der Waals surface area contributed by atoms with Crippen LogP contribution in [0.15, 0.2) is 24.3 Å². The Hall–Kier alpha value is -2.75. The fourth-order valence-electron chi connectivity index (χ4n) is 5.15. The zero-order valence-electron chi connectivity index (χ0n) is 30.2. The molecule has 266 valence electrons. The summed E-state index contributed by atoms with van der Waals surface area (Å²) in [6, 6.07) is 4.54. The quantitative estimate of drug-likeness (QED) is 0.164. The van der Waals surface area contributed by atoms with Gasteiger partial charge >= 0.3 is 8.60 Å². The Balaban J connectivity index is 2.02. The molecule has 0 heterocycles. The van der Waals surface area contributed by atoms with Gasteiger partial charge in [0.25, 0.3) is 0 Å². The van der Waals surface area contributed by atoms with Crippen molar-refractivity contribution in [3.8, 4) is 5.75 Å². The molecule has 0 bridgehead atoms. The molecule has 0 aromatic heterocycles. The van der Waals surface area contributed by atoms with Crippen LogP contribution in [0.25, 0.3) is 0 Å². The fourth-order valence-corrected chi connectivity index (χ4v) is 6.45. The molecule has 2 rings (SSSR count). The lowest BCUT2D eigenvalue weighted by Crippen LogP contribution is -2.58. The second-order valence-electron chi connectivity index (χ2n) is 14.9. The van der Waals surface area contributed by atoms with E-state index >= 15 is 0 Å². The van der Waals surface area contributed by atoms with Gasteiger partial charge in [0.15, 0.2) is 0 Å². The maximum atomic E-state index is 13.5. The first-order chi connectivity index (χ1) is 21.8. The van der Waals surface area contributed by atoms with Crippen LogP contribution in [0.1, 0.15) is 113 Å². The highest BCUT2D eigenvalue weighted by Crippen LogP contribution is 2.47. The first kappa shape index (κ1) is 40.4. The van der Waals surface area contributed by atoms with Gasteiger partial charge in [0.1, 0.15) is 23.9 Å².